The Balaban J connectivity index is 1.47. The maximum absolute atomic E-state index is 12.8. The van der Waals surface area contributed by atoms with Crippen LogP contribution in [0.2, 0.25) is 0 Å². The Kier molecular flexibility index (Phi) is 5.82. The molecule has 0 aliphatic heterocycles. The number of nitrogens with zero attached hydrogens (tertiary/aromatic N) is 4. The molecule has 4 aromatic rings. The zero-order valence-corrected chi connectivity index (χ0v) is 17.2. The SMILES string of the molecule is Cc1ccc(-c2noc(CNC(=O)CC(F)(F)F)n2)cc1NC(=O)c1cnc2ccccn12. The lowest BCUT2D eigenvalue weighted by atomic mass is 10.1. The summed E-state index contributed by atoms with van der Waals surface area (Å²) in [5, 5.41) is 8.70. The van der Waals surface area contributed by atoms with Gasteiger partial charge in [-0.2, -0.15) is 18.2 Å². The van der Waals surface area contributed by atoms with Crippen LogP contribution >= 0.6 is 0 Å². The molecule has 0 radical (unpaired) electrons. The molecular formula is C21H17F3N6O3. The minimum atomic E-state index is -4.60. The Hall–Kier alpha value is -4.22. The minimum Gasteiger partial charge on any atom is -0.347 e. The molecule has 3 aromatic heterocycles. The third-order valence-corrected chi connectivity index (χ3v) is 4.66. The van der Waals surface area contributed by atoms with Gasteiger partial charge in [-0.05, 0) is 30.7 Å². The number of carbonyl (C=O) groups excluding carboxylic acids is 2. The van der Waals surface area contributed by atoms with E-state index >= 15 is 0 Å². The van der Waals surface area contributed by atoms with Crippen LogP contribution in [0.25, 0.3) is 17.0 Å². The lowest BCUT2D eigenvalue weighted by Gasteiger charge is -2.09. The number of alkyl halides is 3. The summed E-state index contributed by atoms with van der Waals surface area (Å²) in [6.07, 6.45) is -2.99. The molecule has 9 nitrogen and oxygen atoms in total. The number of aromatic nitrogens is 4. The summed E-state index contributed by atoms with van der Waals surface area (Å²) in [6.45, 7) is 1.47. The predicted octanol–water partition coefficient (Wildman–Crippen LogP) is 3.51. The van der Waals surface area contributed by atoms with Crippen molar-refractivity contribution in [2.24, 2.45) is 0 Å². The summed E-state index contributed by atoms with van der Waals surface area (Å²) >= 11 is 0. The molecule has 0 saturated heterocycles. The number of hydrogen-bond acceptors (Lipinski definition) is 6. The number of fused-ring (bicyclic) bond motifs is 1. The third kappa shape index (κ3) is 5.17. The summed E-state index contributed by atoms with van der Waals surface area (Å²) in [6, 6.07) is 10.5. The van der Waals surface area contributed by atoms with Crippen molar-refractivity contribution < 1.29 is 27.3 Å². The van der Waals surface area contributed by atoms with Gasteiger partial charge in [-0.25, -0.2) is 4.98 Å². The first-order chi connectivity index (χ1) is 15.7. The normalized spacial score (nSPS) is 11.5. The van der Waals surface area contributed by atoms with Gasteiger partial charge < -0.3 is 15.2 Å². The van der Waals surface area contributed by atoms with Crippen LogP contribution in [0.1, 0.15) is 28.4 Å². The number of nitrogens with one attached hydrogen (secondary N) is 2. The Morgan fingerprint density at radius 1 is 1.18 bits per heavy atom. The average molecular weight is 458 g/mol. The van der Waals surface area contributed by atoms with Gasteiger partial charge in [-0.3, -0.25) is 14.0 Å². The molecule has 0 unspecified atom stereocenters. The molecule has 0 aliphatic rings. The van der Waals surface area contributed by atoms with E-state index in [0.717, 1.165) is 5.56 Å². The number of pyridine rings is 1. The van der Waals surface area contributed by atoms with Gasteiger partial charge in [0.05, 0.1) is 12.7 Å². The summed E-state index contributed by atoms with van der Waals surface area (Å²) in [4.78, 5) is 32.4. The number of imidazole rings is 1. The van der Waals surface area contributed by atoms with E-state index in [4.69, 9.17) is 4.52 Å². The number of hydrogen-bond donors (Lipinski definition) is 2. The fourth-order valence-corrected chi connectivity index (χ4v) is 3.05. The molecule has 0 bridgehead atoms. The summed E-state index contributed by atoms with van der Waals surface area (Å²) < 4.78 is 43.4. The van der Waals surface area contributed by atoms with Gasteiger partial charge in [0.15, 0.2) is 0 Å². The number of carbonyl (C=O) groups is 2. The molecule has 0 spiro atoms. The molecule has 1 aromatic carbocycles. The van der Waals surface area contributed by atoms with Gasteiger partial charge in [-0.15, -0.1) is 0 Å². The van der Waals surface area contributed by atoms with Crippen LogP contribution in [0.5, 0.6) is 0 Å². The molecule has 33 heavy (non-hydrogen) atoms. The van der Waals surface area contributed by atoms with Crippen LogP contribution in [0.3, 0.4) is 0 Å². The van der Waals surface area contributed by atoms with E-state index in [1.807, 2.05) is 13.0 Å². The zero-order valence-electron chi connectivity index (χ0n) is 17.2. The van der Waals surface area contributed by atoms with Crippen molar-refractivity contribution in [3.63, 3.8) is 0 Å². The van der Waals surface area contributed by atoms with E-state index in [1.165, 1.54) is 6.20 Å². The second-order valence-electron chi connectivity index (χ2n) is 7.14. The van der Waals surface area contributed by atoms with Crippen molar-refractivity contribution in [2.75, 3.05) is 5.32 Å². The lowest BCUT2D eigenvalue weighted by Crippen LogP contribution is -2.28. The number of aryl methyl sites for hydroxylation is 1. The summed E-state index contributed by atoms with van der Waals surface area (Å²) in [7, 11) is 0. The maximum Gasteiger partial charge on any atom is 0.397 e. The van der Waals surface area contributed by atoms with Gasteiger partial charge in [0.25, 0.3) is 5.91 Å². The number of amides is 2. The van der Waals surface area contributed by atoms with Crippen LogP contribution < -0.4 is 10.6 Å². The van der Waals surface area contributed by atoms with Gasteiger partial charge in [0.1, 0.15) is 17.8 Å². The highest BCUT2D eigenvalue weighted by molar-refractivity contribution is 6.04. The number of benzene rings is 1. The largest absolute Gasteiger partial charge is 0.397 e. The van der Waals surface area contributed by atoms with E-state index < -0.39 is 18.5 Å². The molecule has 2 amide bonds. The predicted molar refractivity (Wildman–Crippen MR) is 110 cm³/mol. The zero-order chi connectivity index (χ0) is 23.6. The molecule has 170 valence electrons. The molecule has 2 N–H and O–H groups in total. The number of rotatable bonds is 6. The van der Waals surface area contributed by atoms with Gasteiger partial charge in [-0.1, -0.05) is 23.4 Å². The Morgan fingerprint density at radius 3 is 2.79 bits per heavy atom. The third-order valence-electron chi connectivity index (χ3n) is 4.66. The van der Waals surface area contributed by atoms with E-state index in [0.29, 0.717) is 22.6 Å². The van der Waals surface area contributed by atoms with E-state index in [9.17, 15) is 22.8 Å². The van der Waals surface area contributed by atoms with Gasteiger partial charge in [0.2, 0.25) is 17.6 Å². The van der Waals surface area contributed by atoms with Crippen LogP contribution in [0, 0.1) is 6.92 Å². The second-order valence-corrected chi connectivity index (χ2v) is 7.14. The van der Waals surface area contributed by atoms with Crippen LogP contribution in [-0.2, 0) is 11.3 Å². The number of anilines is 1. The smallest absolute Gasteiger partial charge is 0.347 e. The fourth-order valence-electron chi connectivity index (χ4n) is 3.05. The van der Waals surface area contributed by atoms with Crippen molar-refractivity contribution in [2.45, 2.75) is 26.1 Å². The molecule has 0 aliphatic carbocycles. The molecule has 4 rings (SSSR count). The maximum atomic E-state index is 12.8. The van der Waals surface area contributed by atoms with Crippen LogP contribution in [0.4, 0.5) is 18.9 Å². The molecule has 12 heteroatoms. The number of halogens is 3. The average Bonchev–Trinajstić information content (AvgIpc) is 3.40. The topological polar surface area (TPSA) is 114 Å². The fraction of sp³-hybridized carbons (Fsp3) is 0.190. The Morgan fingerprint density at radius 2 is 2.00 bits per heavy atom. The summed E-state index contributed by atoms with van der Waals surface area (Å²) in [5.41, 5.74) is 2.78. The molecule has 0 atom stereocenters. The second kappa shape index (κ2) is 8.73. The molecule has 0 saturated carbocycles. The quantitative estimate of drug-likeness (QED) is 0.457. The molecular weight excluding hydrogens is 441 g/mol. The van der Waals surface area contributed by atoms with E-state index in [-0.39, 0.29) is 24.2 Å². The van der Waals surface area contributed by atoms with E-state index in [2.05, 4.69) is 25.8 Å². The van der Waals surface area contributed by atoms with E-state index in [1.54, 1.807) is 40.9 Å². The monoisotopic (exact) mass is 458 g/mol. The van der Waals surface area contributed by atoms with Crippen molar-refractivity contribution in [1.82, 2.24) is 24.8 Å². The van der Waals surface area contributed by atoms with Crippen LogP contribution in [-0.4, -0.2) is 37.5 Å². The summed E-state index contributed by atoms with van der Waals surface area (Å²) in [5.74, 6) is -1.47. The first kappa shape index (κ1) is 22.0. The molecule has 3 heterocycles. The standard InChI is InChI=1S/C21H17F3N6O3/c1-12-5-6-13(19-28-18(33-29-19)11-26-17(31)9-21(22,23)24)8-14(12)27-20(32)15-10-25-16-4-2-3-7-30(15)16/h2-8,10H,9,11H2,1H3,(H,26,31)(H,27,32). The van der Waals surface area contributed by atoms with Crippen LogP contribution in [0.15, 0.2) is 53.3 Å². The van der Waals surface area contributed by atoms with Crippen molar-refractivity contribution in [3.8, 4) is 11.4 Å². The first-order valence-electron chi connectivity index (χ1n) is 9.70. The minimum absolute atomic E-state index is 0.0579. The van der Waals surface area contributed by atoms with Gasteiger partial charge in [0, 0.05) is 17.4 Å². The van der Waals surface area contributed by atoms with Crippen molar-refractivity contribution in [3.05, 3.63) is 65.9 Å². The highest BCUT2D eigenvalue weighted by Gasteiger charge is 2.31. The first-order valence-corrected chi connectivity index (χ1v) is 9.70. The highest BCUT2D eigenvalue weighted by Crippen LogP contribution is 2.24. The van der Waals surface area contributed by atoms with Crippen molar-refractivity contribution >= 4 is 23.1 Å². The van der Waals surface area contributed by atoms with Crippen molar-refractivity contribution in [1.29, 1.82) is 0 Å². The van der Waals surface area contributed by atoms with Gasteiger partial charge >= 0.3 is 6.18 Å². The Labute approximate surface area is 184 Å². The lowest BCUT2D eigenvalue weighted by molar-refractivity contribution is -0.153. The highest BCUT2D eigenvalue weighted by atomic mass is 19.4. The molecule has 0 fully saturated rings. The Bertz CT molecular complexity index is 1330.